The second-order valence-electron chi connectivity index (χ2n) is 1.91. The second kappa shape index (κ2) is 3.93. The van der Waals surface area contributed by atoms with Crippen LogP contribution in [-0.4, -0.2) is 0 Å². The fourth-order valence-corrected chi connectivity index (χ4v) is 2.55. The smallest absolute Gasteiger partial charge is 0.0474 e. The van der Waals surface area contributed by atoms with Gasteiger partial charge in [0.05, 0.1) is 0 Å². The van der Waals surface area contributed by atoms with Crippen LogP contribution in [0.2, 0.25) is 0 Å². The minimum absolute atomic E-state index is 0.579. The summed E-state index contributed by atoms with van der Waals surface area (Å²) in [7, 11) is 0. The molecule has 0 radical (unpaired) electrons. The van der Waals surface area contributed by atoms with Crippen molar-refractivity contribution >= 4 is 50.1 Å². The first-order valence-corrected chi connectivity index (χ1v) is 5.14. The Kier molecular flexibility index (Phi) is 3.46. The van der Waals surface area contributed by atoms with Crippen molar-refractivity contribution in [3.8, 4) is 0 Å². The highest BCUT2D eigenvalue weighted by Crippen LogP contribution is 2.18. The minimum Gasteiger partial charge on any atom is -0.122 e. The van der Waals surface area contributed by atoms with Gasteiger partial charge in [0.25, 0.3) is 0 Å². The topological polar surface area (TPSA) is 0 Å². The van der Waals surface area contributed by atoms with Crippen LogP contribution < -0.4 is 0 Å². The average Bonchev–Trinajstić information content (AvgIpc) is 1.85. The van der Waals surface area contributed by atoms with Crippen molar-refractivity contribution in [3.63, 3.8) is 0 Å². The van der Waals surface area contributed by atoms with E-state index < -0.39 is 0 Å². The van der Waals surface area contributed by atoms with Crippen molar-refractivity contribution in [3.05, 3.63) is 31.8 Å². The number of halogens is 3. The van der Waals surface area contributed by atoms with Gasteiger partial charge in [-0.3, -0.25) is 0 Å². The maximum Gasteiger partial charge on any atom is 0.0474 e. The lowest BCUT2D eigenvalue weighted by molar-refractivity contribution is 1.37. The van der Waals surface area contributed by atoms with Gasteiger partial charge < -0.3 is 0 Å². The maximum absolute atomic E-state index is 5.65. The third kappa shape index (κ3) is 2.40. The molecule has 0 spiro atoms. The highest BCUT2D eigenvalue weighted by Gasteiger charge is 1.94. The molecule has 0 N–H and O–H groups in total. The van der Waals surface area contributed by atoms with E-state index in [1.54, 1.807) is 0 Å². The molecule has 0 unspecified atom stereocenters. The van der Waals surface area contributed by atoms with E-state index in [1.807, 2.05) is 6.07 Å². The van der Waals surface area contributed by atoms with Crippen LogP contribution in [0.25, 0.3) is 0 Å². The SMILES string of the molecule is ClCc1cc(Br)cc(I)c1. The first kappa shape index (κ1) is 8.81. The van der Waals surface area contributed by atoms with Gasteiger partial charge in [0.2, 0.25) is 0 Å². The van der Waals surface area contributed by atoms with Crippen molar-refractivity contribution in [2.45, 2.75) is 5.88 Å². The van der Waals surface area contributed by atoms with E-state index in [-0.39, 0.29) is 0 Å². The molecule has 0 amide bonds. The van der Waals surface area contributed by atoms with Gasteiger partial charge in [-0.1, -0.05) is 15.9 Å². The summed E-state index contributed by atoms with van der Waals surface area (Å²) < 4.78 is 2.30. The molecule has 3 heteroatoms. The molecule has 0 bridgehead atoms. The van der Waals surface area contributed by atoms with Gasteiger partial charge in [-0.25, -0.2) is 0 Å². The van der Waals surface area contributed by atoms with E-state index in [0.717, 1.165) is 10.0 Å². The minimum atomic E-state index is 0.579. The Morgan fingerprint density at radius 3 is 2.60 bits per heavy atom. The van der Waals surface area contributed by atoms with Crippen LogP contribution in [-0.2, 0) is 5.88 Å². The van der Waals surface area contributed by atoms with Gasteiger partial charge in [-0.2, -0.15) is 0 Å². The summed E-state index contributed by atoms with van der Waals surface area (Å²) >= 11 is 11.3. The summed E-state index contributed by atoms with van der Waals surface area (Å²) in [6, 6.07) is 6.14. The Hall–Kier alpha value is 0.720. The summed E-state index contributed by atoms with van der Waals surface area (Å²) in [5.41, 5.74) is 1.15. The van der Waals surface area contributed by atoms with Crippen LogP contribution in [0.4, 0.5) is 0 Å². The molecular formula is C7H5BrClI. The summed E-state index contributed by atoms with van der Waals surface area (Å²) in [5, 5.41) is 0. The number of hydrogen-bond acceptors (Lipinski definition) is 0. The Morgan fingerprint density at radius 1 is 1.40 bits per heavy atom. The Labute approximate surface area is 87.2 Å². The lowest BCUT2D eigenvalue weighted by Gasteiger charge is -1.97. The molecule has 54 valence electrons. The number of hydrogen-bond donors (Lipinski definition) is 0. The molecule has 0 fully saturated rings. The van der Waals surface area contributed by atoms with Crippen LogP contribution in [0.5, 0.6) is 0 Å². The molecule has 0 saturated heterocycles. The number of alkyl halides is 1. The molecule has 1 rings (SSSR count). The summed E-state index contributed by atoms with van der Waals surface area (Å²) in [4.78, 5) is 0. The van der Waals surface area contributed by atoms with E-state index in [0.29, 0.717) is 5.88 Å². The monoisotopic (exact) mass is 330 g/mol. The van der Waals surface area contributed by atoms with E-state index in [9.17, 15) is 0 Å². The molecule has 0 saturated carbocycles. The molecule has 0 aliphatic rings. The Bertz CT molecular complexity index is 217. The summed E-state index contributed by atoms with van der Waals surface area (Å²) in [6.45, 7) is 0. The van der Waals surface area contributed by atoms with Crippen molar-refractivity contribution in [1.29, 1.82) is 0 Å². The summed E-state index contributed by atoms with van der Waals surface area (Å²) in [6.07, 6.45) is 0. The molecule has 0 aromatic heterocycles. The zero-order chi connectivity index (χ0) is 7.56. The zero-order valence-corrected chi connectivity index (χ0v) is 9.57. The van der Waals surface area contributed by atoms with Crippen LogP contribution in [0, 0.1) is 3.57 Å². The van der Waals surface area contributed by atoms with Crippen molar-refractivity contribution in [2.75, 3.05) is 0 Å². The summed E-state index contributed by atoms with van der Waals surface area (Å²) in [5.74, 6) is 0.579. The highest BCUT2D eigenvalue weighted by molar-refractivity contribution is 14.1. The van der Waals surface area contributed by atoms with E-state index in [4.69, 9.17) is 11.6 Å². The molecule has 0 nitrogen and oxygen atoms in total. The molecule has 1 aromatic rings. The van der Waals surface area contributed by atoms with Gasteiger partial charge in [-0.15, -0.1) is 11.6 Å². The molecular weight excluding hydrogens is 326 g/mol. The fourth-order valence-electron chi connectivity index (χ4n) is 0.688. The molecule has 10 heavy (non-hydrogen) atoms. The maximum atomic E-state index is 5.65. The molecule has 0 atom stereocenters. The Morgan fingerprint density at radius 2 is 2.10 bits per heavy atom. The fraction of sp³-hybridized carbons (Fsp3) is 0.143. The van der Waals surface area contributed by atoms with Gasteiger partial charge in [0.15, 0.2) is 0 Å². The van der Waals surface area contributed by atoms with E-state index >= 15 is 0 Å². The van der Waals surface area contributed by atoms with Crippen LogP contribution in [0.15, 0.2) is 22.7 Å². The van der Waals surface area contributed by atoms with E-state index in [2.05, 4.69) is 50.7 Å². The second-order valence-corrected chi connectivity index (χ2v) is 4.34. The highest BCUT2D eigenvalue weighted by atomic mass is 127. The van der Waals surface area contributed by atoms with Crippen molar-refractivity contribution < 1.29 is 0 Å². The predicted molar refractivity (Wildman–Crippen MR) is 56.4 cm³/mol. The molecule has 0 aliphatic carbocycles. The molecule has 0 heterocycles. The van der Waals surface area contributed by atoms with Crippen molar-refractivity contribution in [1.82, 2.24) is 0 Å². The van der Waals surface area contributed by atoms with E-state index in [1.165, 1.54) is 3.57 Å². The van der Waals surface area contributed by atoms with Gasteiger partial charge in [0.1, 0.15) is 0 Å². The number of benzene rings is 1. The largest absolute Gasteiger partial charge is 0.122 e. The Balaban J connectivity index is 3.06. The van der Waals surface area contributed by atoms with Gasteiger partial charge in [0, 0.05) is 13.9 Å². The van der Waals surface area contributed by atoms with Crippen LogP contribution >= 0.6 is 50.1 Å². The normalized spacial score (nSPS) is 9.90. The number of rotatable bonds is 1. The zero-order valence-electron chi connectivity index (χ0n) is 5.07. The van der Waals surface area contributed by atoms with Crippen molar-refractivity contribution in [2.24, 2.45) is 0 Å². The van der Waals surface area contributed by atoms with Crippen LogP contribution in [0.3, 0.4) is 0 Å². The predicted octanol–water partition coefficient (Wildman–Crippen LogP) is 3.79. The lowest BCUT2D eigenvalue weighted by atomic mass is 10.2. The molecule has 1 aromatic carbocycles. The molecule has 0 aliphatic heterocycles. The third-order valence-electron chi connectivity index (χ3n) is 1.08. The first-order chi connectivity index (χ1) is 4.72. The standard InChI is InChI=1S/C7H5BrClI/c8-6-1-5(4-9)2-7(10)3-6/h1-3H,4H2. The quantitative estimate of drug-likeness (QED) is 0.542. The third-order valence-corrected chi connectivity index (χ3v) is 2.47. The first-order valence-electron chi connectivity index (χ1n) is 2.73. The lowest BCUT2D eigenvalue weighted by Crippen LogP contribution is -1.79. The van der Waals surface area contributed by atoms with Crippen LogP contribution in [0.1, 0.15) is 5.56 Å². The van der Waals surface area contributed by atoms with Gasteiger partial charge in [-0.05, 0) is 46.4 Å². The van der Waals surface area contributed by atoms with Gasteiger partial charge >= 0.3 is 0 Å². The average molecular weight is 331 g/mol.